The van der Waals surface area contributed by atoms with Crippen LogP contribution in [0.4, 0.5) is 17.6 Å². The van der Waals surface area contributed by atoms with Crippen molar-refractivity contribution in [2.45, 2.75) is 19.4 Å². The fraction of sp³-hybridized carbons (Fsp3) is 0.250. The predicted octanol–water partition coefficient (Wildman–Crippen LogP) is 4.14. The highest BCUT2D eigenvalue weighted by atomic mass is 19.2. The van der Waals surface area contributed by atoms with Crippen LogP contribution in [0.1, 0.15) is 24.1 Å². The van der Waals surface area contributed by atoms with Gasteiger partial charge in [-0.25, -0.2) is 17.6 Å². The Hall–Kier alpha value is -1.88. The molecule has 0 bridgehead atoms. The minimum atomic E-state index is -0.949. The molecule has 1 unspecified atom stereocenters. The number of nitrogens with one attached hydrogen (secondary N) is 1. The molecule has 112 valence electrons. The summed E-state index contributed by atoms with van der Waals surface area (Å²) in [6.07, 6.45) is 0.213. The lowest BCUT2D eigenvalue weighted by molar-refractivity contribution is 0.493. The van der Waals surface area contributed by atoms with Crippen molar-refractivity contribution < 1.29 is 17.6 Å². The van der Waals surface area contributed by atoms with Gasteiger partial charge in [-0.05, 0) is 42.3 Å². The Bertz CT molecular complexity index is 628. The van der Waals surface area contributed by atoms with Crippen molar-refractivity contribution in [3.05, 3.63) is 70.8 Å². The highest BCUT2D eigenvalue weighted by Gasteiger charge is 2.16. The third-order valence-electron chi connectivity index (χ3n) is 3.24. The van der Waals surface area contributed by atoms with Gasteiger partial charge in [0.15, 0.2) is 11.6 Å². The second-order valence-electron chi connectivity index (χ2n) is 4.72. The van der Waals surface area contributed by atoms with E-state index in [0.717, 1.165) is 18.2 Å². The first-order valence-electron chi connectivity index (χ1n) is 6.63. The molecular weight excluding hydrogens is 282 g/mol. The number of hydrogen-bond donors (Lipinski definition) is 1. The van der Waals surface area contributed by atoms with Crippen molar-refractivity contribution >= 4 is 0 Å². The zero-order chi connectivity index (χ0) is 15.4. The minimum absolute atomic E-state index is 0.213. The van der Waals surface area contributed by atoms with Crippen LogP contribution in [0.25, 0.3) is 0 Å². The number of halogens is 4. The molecule has 2 aromatic carbocycles. The normalized spacial score (nSPS) is 12.4. The van der Waals surface area contributed by atoms with Crippen molar-refractivity contribution in [3.63, 3.8) is 0 Å². The number of likely N-dealkylation sites (N-methyl/N-ethyl adjacent to an activating group) is 1. The monoisotopic (exact) mass is 297 g/mol. The van der Waals surface area contributed by atoms with Crippen LogP contribution in [0, 0.1) is 23.3 Å². The maximum Gasteiger partial charge on any atom is 0.159 e. The Morgan fingerprint density at radius 3 is 2.29 bits per heavy atom. The third-order valence-corrected chi connectivity index (χ3v) is 3.24. The maximum atomic E-state index is 13.7. The van der Waals surface area contributed by atoms with Gasteiger partial charge in [0.05, 0.1) is 0 Å². The minimum Gasteiger partial charge on any atom is -0.310 e. The molecule has 0 aromatic heterocycles. The van der Waals surface area contributed by atoms with Crippen LogP contribution in [0.15, 0.2) is 36.4 Å². The molecule has 0 saturated heterocycles. The van der Waals surface area contributed by atoms with E-state index < -0.39 is 23.3 Å². The lowest BCUT2D eigenvalue weighted by atomic mass is 9.98. The SMILES string of the molecule is CCNC(Cc1ccc(F)cc1F)c1ccc(F)c(F)c1. The molecule has 0 aliphatic heterocycles. The summed E-state index contributed by atoms with van der Waals surface area (Å²) in [4.78, 5) is 0. The molecule has 0 heterocycles. The van der Waals surface area contributed by atoms with E-state index in [0.29, 0.717) is 17.7 Å². The molecule has 2 aromatic rings. The molecular formula is C16H15F4N. The summed E-state index contributed by atoms with van der Waals surface area (Å²) in [6.45, 7) is 2.43. The van der Waals surface area contributed by atoms with E-state index in [1.165, 1.54) is 18.2 Å². The molecule has 0 amide bonds. The molecule has 0 fully saturated rings. The second-order valence-corrected chi connectivity index (χ2v) is 4.72. The topological polar surface area (TPSA) is 12.0 Å². The Morgan fingerprint density at radius 2 is 1.67 bits per heavy atom. The highest BCUT2D eigenvalue weighted by molar-refractivity contribution is 5.26. The Balaban J connectivity index is 2.28. The summed E-state index contributed by atoms with van der Waals surface area (Å²) < 4.78 is 52.9. The summed E-state index contributed by atoms with van der Waals surface area (Å²) in [7, 11) is 0. The van der Waals surface area contributed by atoms with Crippen molar-refractivity contribution in [2.75, 3.05) is 6.54 Å². The lowest BCUT2D eigenvalue weighted by Gasteiger charge is -2.19. The molecule has 1 nitrogen and oxygen atoms in total. The van der Waals surface area contributed by atoms with Crippen molar-refractivity contribution in [1.29, 1.82) is 0 Å². The van der Waals surface area contributed by atoms with E-state index in [1.807, 2.05) is 6.92 Å². The van der Waals surface area contributed by atoms with E-state index in [2.05, 4.69) is 5.32 Å². The smallest absolute Gasteiger partial charge is 0.159 e. The van der Waals surface area contributed by atoms with Gasteiger partial charge >= 0.3 is 0 Å². The summed E-state index contributed by atoms with van der Waals surface area (Å²) in [5.74, 6) is -3.18. The first-order chi connectivity index (χ1) is 10.0. The second kappa shape index (κ2) is 6.72. The van der Waals surface area contributed by atoms with Gasteiger partial charge in [0.1, 0.15) is 11.6 Å². The van der Waals surface area contributed by atoms with Crippen molar-refractivity contribution in [2.24, 2.45) is 0 Å². The van der Waals surface area contributed by atoms with Crippen molar-refractivity contribution in [1.82, 2.24) is 5.32 Å². The first-order valence-corrected chi connectivity index (χ1v) is 6.63. The van der Waals surface area contributed by atoms with Crippen LogP contribution < -0.4 is 5.32 Å². The third kappa shape index (κ3) is 3.82. The first kappa shape index (κ1) is 15.5. The van der Waals surface area contributed by atoms with Gasteiger partial charge in [0.25, 0.3) is 0 Å². The van der Waals surface area contributed by atoms with Gasteiger partial charge < -0.3 is 5.32 Å². The number of rotatable bonds is 5. The van der Waals surface area contributed by atoms with Gasteiger partial charge in [0, 0.05) is 12.1 Å². The largest absolute Gasteiger partial charge is 0.310 e. The summed E-state index contributed by atoms with van der Waals surface area (Å²) >= 11 is 0. The Labute approximate surface area is 120 Å². The molecule has 2 rings (SSSR count). The van der Waals surface area contributed by atoms with Crippen molar-refractivity contribution in [3.8, 4) is 0 Å². The van der Waals surface area contributed by atoms with E-state index in [1.54, 1.807) is 0 Å². The van der Waals surface area contributed by atoms with E-state index in [4.69, 9.17) is 0 Å². The average Bonchev–Trinajstić information content (AvgIpc) is 2.44. The van der Waals surface area contributed by atoms with E-state index >= 15 is 0 Å². The van der Waals surface area contributed by atoms with E-state index in [9.17, 15) is 17.6 Å². The fourth-order valence-electron chi connectivity index (χ4n) is 2.19. The molecule has 21 heavy (non-hydrogen) atoms. The number of hydrogen-bond acceptors (Lipinski definition) is 1. The van der Waals surface area contributed by atoms with Gasteiger partial charge in [-0.15, -0.1) is 0 Å². The average molecular weight is 297 g/mol. The lowest BCUT2D eigenvalue weighted by Crippen LogP contribution is -2.23. The van der Waals surface area contributed by atoms with Crippen LogP contribution in [0.2, 0.25) is 0 Å². The van der Waals surface area contributed by atoms with Gasteiger partial charge in [-0.1, -0.05) is 19.1 Å². The summed E-state index contributed by atoms with van der Waals surface area (Å²) in [5.41, 5.74) is 0.826. The molecule has 0 aliphatic carbocycles. The molecule has 0 spiro atoms. The van der Waals surface area contributed by atoms with Gasteiger partial charge in [-0.3, -0.25) is 0 Å². The Morgan fingerprint density at radius 1 is 0.905 bits per heavy atom. The van der Waals surface area contributed by atoms with Gasteiger partial charge in [0.2, 0.25) is 0 Å². The molecule has 0 saturated carbocycles. The molecule has 1 atom stereocenters. The van der Waals surface area contributed by atoms with Crippen LogP contribution in [0.3, 0.4) is 0 Å². The van der Waals surface area contributed by atoms with Crippen LogP contribution in [-0.4, -0.2) is 6.54 Å². The zero-order valence-electron chi connectivity index (χ0n) is 11.5. The molecule has 1 N–H and O–H groups in total. The Kier molecular flexibility index (Phi) is 4.96. The molecule has 0 radical (unpaired) electrons. The maximum absolute atomic E-state index is 13.7. The standard InChI is InChI=1S/C16H15F4N/c1-2-21-16(11-4-6-13(18)15(20)7-11)8-10-3-5-12(17)9-14(10)19/h3-7,9,16,21H,2,8H2,1H3. The summed E-state index contributed by atoms with van der Waals surface area (Å²) in [6, 6.07) is 6.53. The molecule has 5 heteroatoms. The van der Waals surface area contributed by atoms with Crippen LogP contribution in [-0.2, 0) is 6.42 Å². The highest BCUT2D eigenvalue weighted by Crippen LogP contribution is 2.22. The summed E-state index contributed by atoms with van der Waals surface area (Å²) in [5, 5.41) is 3.09. The quantitative estimate of drug-likeness (QED) is 0.818. The predicted molar refractivity (Wildman–Crippen MR) is 72.8 cm³/mol. The van der Waals surface area contributed by atoms with Crippen LogP contribution >= 0.6 is 0 Å². The fourth-order valence-corrected chi connectivity index (χ4v) is 2.19. The van der Waals surface area contributed by atoms with Gasteiger partial charge in [-0.2, -0.15) is 0 Å². The zero-order valence-corrected chi connectivity index (χ0v) is 11.5. The molecule has 0 aliphatic rings. The van der Waals surface area contributed by atoms with Crippen LogP contribution in [0.5, 0.6) is 0 Å². The van der Waals surface area contributed by atoms with E-state index in [-0.39, 0.29) is 12.5 Å². The number of benzene rings is 2.